The maximum atomic E-state index is 8.50. The van der Waals surface area contributed by atoms with Crippen molar-refractivity contribution in [3.63, 3.8) is 0 Å². The Morgan fingerprint density at radius 2 is 1.40 bits per heavy atom. The van der Waals surface area contributed by atoms with Crippen LogP contribution in [0.4, 0.5) is 4.53 Å². The summed E-state index contributed by atoms with van der Waals surface area (Å²) in [7, 11) is 0. The molecule has 0 spiro atoms. The summed E-state index contributed by atoms with van der Waals surface area (Å²) < 4.78 is 8.50. The molecule has 0 radical (unpaired) electrons. The van der Waals surface area contributed by atoms with Gasteiger partial charge in [-0.15, -0.1) is 0 Å². The average Bonchev–Trinajstić information content (AvgIpc) is 1.50. The van der Waals surface area contributed by atoms with Crippen LogP contribution in [0, 0.1) is 6.92 Å². The van der Waals surface area contributed by atoms with Gasteiger partial charge < -0.3 is 6.92 Å². The van der Waals surface area contributed by atoms with E-state index in [4.69, 9.17) is 9.84 Å². The van der Waals surface area contributed by atoms with Crippen molar-refractivity contribution in [2.24, 2.45) is 0 Å². The van der Waals surface area contributed by atoms with E-state index in [2.05, 4.69) is 6.92 Å². The predicted molar refractivity (Wildman–Crippen MR) is 14.4 cm³/mol. The summed E-state index contributed by atoms with van der Waals surface area (Å²) in [6.45, 7) is 5.00. The molecule has 0 bridgehead atoms. The summed E-state index contributed by atoms with van der Waals surface area (Å²) in [5.41, 5.74) is 0. The van der Waals surface area contributed by atoms with Crippen LogP contribution >= 0.6 is 0 Å². The van der Waals surface area contributed by atoms with Crippen molar-refractivity contribution in [3.05, 3.63) is 6.92 Å². The van der Waals surface area contributed by atoms with Crippen LogP contribution in [0.1, 0.15) is 6.92 Å². The first-order valence-corrected chi connectivity index (χ1v) is 0.876. The fourth-order valence-electron chi connectivity index (χ4n) is 0. The molecule has 30 valence electrons. The van der Waals surface area contributed by atoms with E-state index in [0.29, 0.717) is 0 Å². The number of hydrogen-bond acceptors (Lipinski definition) is 1. The molecule has 3 heteroatoms. The second-order valence-corrected chi connectivity index (χ2v) is 0. The molecule has 0 atom stereocenters. The molecule has 1 nitrogen and oxygen atoms in total. The van der Waals surface area contributed by atoms with Gasteiger partial charge in [-0.3, -0.25) is 0 Å². The first-order chi connectivity index (χ1) is 2.00. The molecule has 0 fully saturated rings. The molecular weight excluding hydrogens is 326 g/mol. The minimum Gasteiger partial charge on any atom is -0.346 e. The quantitative estimate of drug-likeness (QED) is 0.648. The molecule has 0 rings (SSSR count). The average molecular weight is 332 g/mol. The van der Waals surface area contributed by atoms with Crippen molar-refractivity contribution in [1.82, 2.24) is 0 Å². The third kappa shape index (κ3) is 1.86. The molecule has 0 aromatic rings. The summed E-state index contributed by atoms with van der Waals surface area (Å²) in [6, 6.07) is 0. The molecule has 0 saturated carbocycles. The summed E-state index contributed by atoms with van der Waals surface area (Å²) in [6.07, 6.45) is 0. The Morgan fingerprint density at radius 1 is 1.40 bits per heavy atom. The van der Waals surface area contributed by atoms with Gasteiger partial charge in [0.05, 0.1) is 0 Å². The molecule has 5 heavy (non-hydrogen) atoms. The molecule has 0 unspecified atom stereocenters. The molecule has 0 aromatic carbocycles. The van der Waals surface area contributed by atoms with Crippen LogP contribution in [0.2, 0.25) is 0 Å². The fourth-order valence-corrected chi connectivity index (χ4v) is 0. The van der Waals surface area contributed by atoms with E-state index in [1.165, 1.54) is 0 Å². The van der Waals surface area contributed by atoms with Gasteiger partial charge in [-0.05, 0) is 0 Å². The second-order valence-electron chi connectivity index (χ2n) is 0. The third-order valence-electron chi connectivity index (χ3n) is 0. The number of rotatable bonds is 0. The van der Waals surface area contributed by atoms with E-state index in [9.17, 15) is 0 Å². The van der Waals surface area contributed by atoms with Gasteiger partial charge in [0.15, 0.2) is 0 Å². The van der Waals surface area contributed by atoms with E-state index in [0.717, 1.165) is 0 Å². The maximum Gasteiger partial charge on any atom is 0 e. The minimum atomic E-state index is 0. The Morgan fingerprint density at radius 3 is 1.40 bits per heavy atom. The van der Waals surface area contributed by atoms with Crippen molar-refractivity contribution in [2.75, 3.05) is 0 Å². The van der Waals surface area contributed by atoms with E-state index in [1.54, 1.807) is 6.92 Å². The van der Waals surface area contributed by atoms with Crippen LogP contribution in [0.5, 0.6) is 0 Å². The molecule has 0 aliphatic carbocycles. The SMILES string of the molecule is OF.[CH2-]C.[Rf]. The summed E-state index contributed by atoms with van der Waals surface area (Å²) in [4.78, 5) is 0. The Labute approximate surface area is 25.0 Å². The summed E-state index contributed by atoms with van der Waals surface area (Å²) in [5, 5.41) is 5.50. The van der Waals surface area contributed by atoms with E-state index >= 15 is 0 Å². The van der Waals surface area contributed by atoms with Gasteiger partial charge in [0, 0.05) is 0 Å². The van der Waals surface area contributed by atoms with E-state index in [1.807, 2.05) is 0 Å². The molecular formula is C2H6FORf-. The topological polar surface area (TPSA) is 20.2 Å². The van der Waals surface area contributed by atoms with Crippen molar-refractivity contribution < 1.29 is 9.84 Å². The summed E-state index contributed by atoms with van der Waals surface area (Å²) >= 11 is 0. The Balaban J connectivity index is -0.0000000133. The van der Waals surface area contributed by atoms with E-state index in [-0.39, 0.29) is 0 Å². The molecule has 0 amide bonds. The monoisotopic (exact) mass is 332 g/mol. The van der Waals surface area contributed by atoms with Gasteiger partial charge in [-0.25, -0.2) is 5.31 Å². The van der Waals surface area contributed by atoms with Gasteiger partial charge >= 0.3 is 0 Å². The maximum absolute atomic E-state index is 8.50. The molecule has 0 saturated heterocycles. The van der Waals surface area contributed by atoms with Gasteiger partial charge in [-0.2, -0.15) is 6.92 Å². The van der Waals surface area contributed by atoms with Crippen LogP contribution in [-0.4, -0.2) is 5.31 Å². The summed E-state index contributed by atoms with van der Waals surface area (Å²) in [5.74, 6) is 0. The van der Waals surface area contributed by atoms with Crippen LogP contribution in [0.25, 0.3) is 0 Å². The molecule has 0 aromatic heterocycles. The first kappa shape index (κ1) is 41.0. The van der Waals surface area contributed by atoms with Crippen LogP contribution in [0.15, 0.2) is 0 Å². The number of halogens is 1. The van der Waals surface area contributed by atoms with Crippen molar-refractivity contribution >= 4 is 0 Å². The third-order valence-corrected chi connectivity index (χ3v) is 0. The molecule has 0 aliphatic heterocycles. The van der Waals surface area contributed by atoms with Crippen molar-refractivity contribution in [3.8, 4) is 0 Å². The van der Waals surface area contributed by atoms with Crippen molar-refractivity contribution in [2.45, 2.75) is 6.92 Å². The molecule has 0 heterocycles. The van der Waals surface area contributed by atoms with Crippen molar-refractivity contribution in [1.29, 1.82) is 0 Å². The zero-order valence-corrected chi connectivity index (χ0v) is 9.64. The van der Waals surface area contributed by atoms with Crippen LogP contribution in [-0.2, 0) is 0 Å². The Hall–Kier alpha value is -1.11. The van der Waals surface area contributed by atoms with Gasteiger partial charge in [0.2, 0.25) is 0 Å². The normalized spacial score (nSPS) is 2.40. The standard InChI is InChI=1S/C2H5.FHO.Rf/c2*1-2;/h1H2,2H3;2H;/q-1;;. The van der Waals surface area contributed by atoms with Crippen LogP contribution in [0.3, 0.4) is 0 Å². The Bertz CT molecular complexity index is 9.61. The van der Waals surface area contributed by atoms with Gasteiger partial charge in [0.1, 0.15) is 0 Å². The minimum absolute atomic E-state index is 0. The molecule has 0 aliphatic rings. The Kier molecular flexibility index (Phi) is 68.7. The largest absolute Gasteiger partial charge is 0.346 e. The smallest absolute Gasteiger partial charge is 0 e. The first-order valence-electron chi connectivity index (χ1n) is 0.876. The predicted octanol–water partition coefficient (Wildman–Crippen LogP) is 0.704. The van der Waals surface area contributed by atoms with Crippen LogP contribution < -0.4 is 0 Å². The van der Waals surface area contributed by atoms with Gasteiger partial charge in [0.25, 0.3) is 0 Å². The second kappa shape index (κ2) is 8.38. The molecule has 1 N–H and O–H groups in total. The van der Waals surface area contributed by atoms with Gasteiger partial charge in [-0.1, -0.05) is 4.53 Å². The number of hydrogen-bond donors (Lipinski definition) is 1. The zero-order chi connectivity index (χ0) is 4.00. The zero-order valence-electron chi connectivity index (χ0n) is 3.24. The fraction of sp³-hybridized carbons (Fsp3) is 0.500. The van der Waals surface area contributed by atoms with E-state index < -0.39 is 0 Å².